The molecule has 0 spiro atoms. The molecule has 0 radical (unpaired) electrons. The summed E-state index contributed by atoms with van der Waals surface area (Å²) in [4.78, 5) is 69.3. The Morgan fingerprint density at radius 2 is 0.774 bits per heavy atom. The standard InChI is InChI=1S/C49H68N4O9/c1-16-24-26(18-3)38(45(56)61-48(10,11)12)50-28(24)22-30-32-34(40(52-30)43(54)58-20-5)37-35-33(36(32)42(37)60-47(7,8)9)31(53-41(35)44(55)59-21-6)23-29-25(17-2)27(19-4)39(51-29)46(57)62-49(13,14)15/h36-37,42,50-53H,16-23H2,1-15H3. The second-order valence-corrected chi connectivity index (χ2v) is 19.3. The first kappa shape index (κ1) is 46.5. The molecule has 6 rings (SSSR count). The van der Waals surface area contributed by atoms with E-state index in [2.05, 4.69) is 33.8 Å². The Hall–Kier alpha value is -5.04. The van der Waals surface area contributed by atoms with Gasteiger partial charge in [-0.3, -0.25) is 0 Å². The number of carbonyl (C=O) groups is 4. The van der Waals surface area contributed by atoms with E-state index in [0.29, 0.717) is 61.3 Å². The van der Waals surface area contributed by atoms with E-state index in [9.17, 15) is 19.2 Å². The highest BCUT2D eigenvalue weighted by Gasteiger charge is 2.58. The highest BCUT2D eigenvalue weighted by molar-refractivity contribution is 5.96. The van der Waals surface area contributed by atoms with Gasteiger partial charge >= 0.3 is 23.9 Å². The van der Waals surface area contributed by atoms with E-state index in [1.54, 1.807) is 13.8 Å². The van der Waals surface area contributed by atoms with Crippen molar-refractivity contribution in [3.05, 3.63) is 90.1 Å². The van der Waals surface area contributed by atoms with Crippen molar-refractivity contribution in [1.82, 2.24) is 19.9 Å². The van der Waals surface area contributed by atoms with Crippen molar-refractivity contribution in [2.45, 2.75) is 177 Å². The maximum Gasteiger partial charge on any atom is 0.355 e. The van der Waals surface area contributed by atoms with Crippen LogP contribution in [0.5, 0.6) is 0 Å². The Morgan fingerprint density at radius 1 is 0.435 bits per heavy atom. The molecule has 62 heavy (non-hydrogen) atoms. The average Bonchev–Trinajstić information content (AvgIpc) is 3.99. The van der Waals surface area contributed by atoms with Crippen molar-refractivity contribution >= 4 is 23.9 Å². The lowest BCUT2D eigenvalue weighted by atomic mass is 9.84. The number of fused-ring (bicyclic) bond motifs is 8. The van der Waals surface area contributed by atoms with Crippen LogP contribution in [0.15, 0.2) is 0 Å². The molecule has 0 saturated carbocycles. The first-order chi connectivity index (χ1) is 29.0. The fourth-order valence-electron chi connectivity index (χ4n) is 9.78. The summed E-state index contributed by atoms with van der Waals surface area (Å²) >= 11 is 0. The molecule has 0 fully saturated rings. The van der Waals surface area contributed by atoms with Gasteiger partial charge in [-0.05, 0) is 146 Å². The van der Waals surface area contributed by atoms with Gasteiger partial charge in [0.2, 0.25) is 0 Å². The average molecular weight is 857 g/mol. The summed E-state index contributed by atoms with van der Waals surface area (Å²) in [6.07, 6.45) is 2.80. The third-order valence-corrected chi connectivity index (χ3v) is 11.6. The molecule has 1 unspecified atom stereocenters. The summed E-state index contributed by atoms with van der Waals surface area (Å²) in [6.45, 7) is 29.2. The van der Waals surface area contributed by atoms with Crippen LogP contribution in [-0.2, 0) is 62.2 Å². The van der Waals surface area contributed by atoms with Crippen LogP contribution >= 0.6 is 0 Å². The number of ether oxygens (including phenoxy) is 5. The van der Waals surface area contributed by atoms with Crippen LogP contribution in [-0.4, -0.2) is 79.9 Å². The summed E-state index contributed by atoms with van der Waals surface area (Å²) < 4.78 is 30.1. The van der Waals surface area contributed by atoms with Gasteiger partial charge in [-0.1, -0.05) is 27.7 Å². The summed E-state index contributed by atoms with van der Waals surface area (Å²) in [5.41, 5.74) is 9.98. The maximum atomic E-state index is 14.0. The van der Waals surface area contributed by atoms with Crippen molar-refractivity contribution < 1.29 is 42.9 Å². The maximum absolute atomic E-state index is 14.0. The molecule has 2 aliphatic carbocycles. The van der Waals surface area contributed by atoms with Crippen LogP contribution in [0.3, 0.4) is 0 Å². The minimum Gasteiger partial charge on any atom is -0.461 e. The number of rotatable bonds is 15. The molecule has 0 amide bonds. The zero-order valence-electron chi connectivity index (χ0n) is 39.6. The predicted octanol–water partition coefficient (Wildman–Crippen LogP) is 9.47. The van der Waals surface area contributed by atoms with Crippen molar-refractivity contribution in [3.8, 4) is 0 Å². The zero-order valence-corrected chi connectivity index (χ0v) is 39.6. The summed E-state index contributed by atoms with van der Waals surface area (Å²) in [6, 6.07) is 0. The molecule has 0 saturated heterocycles. The molecule has 4 N–H and O–H groups in total. The number of nitrogens with one attached hydrogen (secondary N) is 4. The van der Waals surface area contributed by atoms with Gasteiger partial charge in [-0.2, -0.15) is 0 Å². The Kier molecular flexibility index (Phi) is 12.9. The van der Waals surface area contributed by atoms with Gasteiger partial charge < -0.3 is 43.6 Å². The summed E-state index contributed by atoms with van der Waals surface area (Å²) in [5, 5.41) is 0. The van der Waals surface area contributed by atoms with Crippen molar-refractivity contribution in [2.24, 2.45) is 0 Å². The molecule has 2 aliphatic rings. The Balaban J connectivity index is 1.59. The van der Waals surface area contributed by atoms with Crippen LogP contribution in [0.25, 0.3) is 0 Å². The Morgan fingerprint density at radius 3 is 1.08 bits per heavy atom. The molecule has 2 bridgehead atoms. The molecular formula is C49H68N4O9. The lowest BCUT2D eigenvalue weighted by Gasteiger charge is -2.29. The van der Waals surface area contributed by atoms with Gasteiger partial charge in [0.15, 0.2) is 0 Å². The topological polar surface area (TPSA) is 178 Å². The molecule has 13 nitrogen and oxygen atoms in total. The summed E-state index contributed by atoms with van der Waals surface area (Å²) in [7, 11) is 0. The third-order valence-electron chi connectivity index (χ3n) is 11.6. The minimum absolute atomic E-state index is 0.169. The van der Waals surface area contributed by atoms with E-state index in [0.717, 1.165) is 67.3 Å². The number of esters is 4. The number of H-pyrrole nitrogens is 4. The highest BCUT2D eigenvalue weighted by atomic mass is 16.6. The van der Waals surface area contributed by atoms with Crippen LogP contribution in [0.4, 0.5) is 0 Å². The van der Waals surface area contributed by atoms with E-state index in [1.165, 1.54) is 0 Å². The molecule has 4 heterocycles. The van der Waals surface area contributed by atoms with Crippen molar-refractivity contribution in [3.63, 3.8) is 0 Å². The quantitative estimate of drug-likeness (QED) is 0.0670. The second kappa shape index (κ2) is 17.3. The van der Waals surface area contributed by atoms with Crippen molar-refractivity contribution in [2.75, 3.05) is 13.2 Å². The number of hydrogen-bond donors (Lipinski definition) is 4. The van der Waals surface area contributed by atoms with E-state index in [1.807, 2.05) is 76.2 Å². The minimum atomic E-state index is -0.683. The molecule has 13 heteroatoms. The lowest BCUT2D eigenvalue weighted by Crippen LogP contribution is -2.31. The van der Waals surface area contributed by atoms with Crippen LogP contribution < -0.4 is 0 Å². The van der Waals surface area contributed by atoms with E-state index >= 15 is 0 Å². The molecule has 0 aromatic carbocycles. The van der Waals surface area contributed by atoms with Gasteiger partial charge in [-0.15, -0.1) is 0 Å². The summed E-state index contributed by atoms with van der Waals surface area (Å²) in [5.74, 6) is -2.78. The molecule has 0 aliphatic heterocycles. The predicted molar refractivity (Wildman–Crippen MR) is 237 cm³/mol. The van der Waals surface area contributed by atoms with Gasteiger partial charge in [0.1, 0.15) is 34.0 Å². The van der Waals surface area contributed by atoms with Crippen LogP contribution in [0, 0.1) is 0 Å². The van der Waals surface area contributed by atoms with E-state index in [-0.39, 0.29) is 13.2 Å². The second-order valence-electron chi connectivity index (χ2n) is 19.3. The molecule has 4 aromatic rings. The van der Waals surface area contributed by atoms with Crippen LogP contribution in [0.1, 0.15) is 225 Å². The number of hydrogen-bond acceptors (Lipinski definition) is 9. The van der Waals surface area contributed by atoms with Gasteiger partial charge in [-0.25, -0.2) is 19.2 Å². The monoisotopic (exact) mass is 856 g/mol. The molecule has 4 aromatic heterocycles. The lowest BCUT2D eigenvalue weighted by molar-refractivity contribution is -0.0631. The molecular weight excluding hydrogens is 789 g/mol. The Labute approximate surface area is 366 Å². The smallest absolute Gasteiger partial charge is 0.355 e. The van der Waals surface area contributed by atoms with Crippen molar-refractivity contribution in [1.29, 1.82) is 0 Å². The highest BCUT2D eigenvalue weighted by Crippen LogP contribution is 2.63. The fraction of sp³-hybridized carbons (Fsp3) is 0.592. The molecule has 1 atom stereocenters. The zero-order chi connectivity index (χ0) is 45.8. The fourth-order valence-corrected chi connectivity index (χ4v) is 9.78. The number of carbonyl (C=O) groups excluding carboxylic acids is 4. The van der Waals surface area contributed by atoms with E-state index < -0.39 is 58.6 Å². The van der Waals surface area contributed by atoms with Gasteiger partial charge in [0.05, 0.1) is 24.9 Å². The number of aromatic amines is 4. The van der Waals surface area contributed by atoms with E-state index in [4.69, 9.17) is 23.7 Å². The SMILES string of the molecule is CCOC(=O)c1[nH]c(Cc2[nH]c(C(=O)OC(C)(C)C)c(CC)c2CC)c2c1C1c3c(C(=O)OCC)[nH]c(Cc4[nH]c(C(=O)OC(C)(C)C)c(CC)c4CC)c3C2C1OC(C)(C)C. The Bertz CT molecular complexity index is 2210. The van der Waals surface area contributed by atoms with Gasteiger partial charge in [0.25, 0.3) is 0 Å². The first-order valence-corrected chi connectivity index (χ1v) is 22.5. The first-order valence-electron chi connectivity index (χ1n) is 22.5. The third kappa shape index (κ3) is 8.66. The van der Waals surface area contributed by atoms with Crippen LogP contribution in [0.2, 0.25) is 0 Å². The number of aromatic nitrogens is 4. The normalized spacial score (nSPS) is 17.0. The van der Waals surface area contributed by atoms with Gasteiger partial charge in [0, 0.05) is 47.5 Å². The molecule has 338 valence electrons. The largest absolute Gasteiger partial charge is 0.461 e.